The van der Waals surface area contributed by atoms with Gasteiger partial charge in [0.25, 0.3) is 0 Å². The zero-order valence-corrected chi connectivity index (χ0v) is 11.0. The van der Waals surface area contributed by atoms with Crippen LogP contribution in [-0.4, -0.2) is 18.6 Å². The van der Waals surface area contributed by atoms with E-state index in [1.54, 1.807) is 42.5 Å². The minimum atomic E-state index is -0.752. The van der Waals surface area contributed by atoms with Crippen LogP contribution in [0, 0.1) is 0 Å². The van der Waals surface area contributed by atoms with Crippen molar-refractivity contribution in [3.8, 4) is 11.5 Å². The van der Waals surface area contributed by atoms with Gasteiger partial charge in [-0.2, -0.15) is 0 Å². The summed E-state index contributed by atoms with van der Waals surface area (Å²) in [6.07, 6.45) is 0. The van der Waals surface area contributed by atoms with Gasteiger partial charge in [-0.3, -0.25) is 9.59 Å². The highest BCUT2D eigenvalue weighted by Gasteiger charge is 2.17. The number of para-hydroxylation sites is 1. The number of hydrogen-bond donors (Lipinski definition) is 2. The van der Waals surface area contributed by atoms with Crippen molar-refractivity contribution in [1.29, 1.82) is 0 Å². The van der Waals surface area contributed by atoms with Crippen LogP contribution in [0.3, 0.4) is 0 Å². The fourth-order valence-electron chi connectivity index (χ4n) is 1.87. The third-order valence-corrected chi connectivity index (χ3v) is 2.87. The van der Waals surface area contributed by atoms with Crippen molar-refractivity contribution >= 4 is 23.2 Å². The molecule has 0 fully saturated rings. The lowest BCUT2D eigenvalue weighted by Gasteiger charge is -2.07. The Labute approximate surface area is 120 Å². The molecule has 3 rings (SSSR count). The number of nitrogens with one attached hydrogen (secondary N) is 2. The Morgan fingerprint density at radius 2 is 1.48 bits per heavy atom. The van der Waals surface area contributed by atoms with Gasteiger partial charge in [-0.25, -0.2) is 0 Å². The molecule has 0 saturated heterocycles. The van der Waals surface area contributed by atoms with Crippen LogP contribution < -0.4 is 20.1 Å². The van der Waals surface area contributed by atoms with E-state index in [0.29, 0.717) is 22.9 Å². The molecule has 6 heteroatoms. The van der Waals surface area contributed by atoms with Crippen molar-refractivity contribution in [2.75, 3.05) is 17.4 Å². The molecular formula is C15H12N2O4. The molecule has 1 heterocycles. The van der Waals surface area contributed by atoms with E-state index in [2.05, 4.69) is 10.6 Å². The quantitative estimate of drug-likeness (QED) is 0.827. The van der Waals surface area contributed by atoms with Crippen LogP contribution in [0.2, 0.25) is 0 Å². The van der Waals surface area contributed by atoms with Gasteiger partial charge in [-0.05, 0) is 24.3 Å². The van der Waals surface area contributed by atoms with Gasteiger partial charge < -0.3 is 20.1 Å². The first kappa shape index (κ1) is 13.0. The maximum Gasteiger partial charge on any atom is 0.314 e. The van der Waals surface area contributed by atoms with Gasteiger partial charge >= 0.3 is 11.8 Å². The Bertz CT molecular complexity index is 685. The minimum Gasteiger partial charge on any atom is -0.454 e. The Morgan fingerprint density at radius 3 is 2.24 bits per heavy atom. The number of ether oxygens (including phenoxy) is 2. The molecule has 0 radical (unpaired) electrons. The highest BCUT2D eigenvalue weighted by Crippen LogP contribution is 2.34. The van der Waals surface area contributed by atoms with E-state index in [9.17, 15) is 9.59 Å². The third kappa shape index (κ3) is 2.94. The monoisotopic (exact) mass is 284 g/mol. The molecule has 2 aromatic carbocycles. The first-order chi connectivity index (χ1) is 10.2. The average Bonchev–Trinajstić information content (AvgIpc) is 2.95. The summed E-state index contributed by atoms with van der Waals surface area (Å²) in [5.41, 5.74) is 1.02. The third-order valence-electron chi connectivity index (χ3n) is 2.87. The van der Waals surface area contributed by atoms with E-state index in [0.717, 1.165) is 0 Å². The van der Waals surface area contributed by atoms with Crippen LogP contribution in [-0.2, 0) is 9.59 Å². The predicted octanol–water partition coefficient (Wildman–Crippen LogP) is 1.99. The normalized spacial score (nSPS) is 11.8. The summed E-state index contributed by atoms with van der Waals surface area (Å²) < 4.78 is 10.4. The van der Waals surface area contributed by atoms with Crippen molar-refractivity contribution in [2.45, 2.75) is 0 Å². The Hall–Kier alpha value is -3.02. The molecule has 0 bridgehead atoms. The second kappa shape index (κ2) is 5.54. The van der Waals surface area contributed by atoms with Crippen molar-refractivity contribution in [3.05, 3.63) is 48.5 Å². The van der Waals surface area contributed by atoms with Crippen LogP contribution in [0.25, 0.3) is 0 Å². The molecule has 0 spiro atoms. The molecule has 1 aliphatic rings. The minimum absolute atomic E-state index is 0.154. The highest BCUT2D eigenvalue weighted by atomic mass is 16.7. The van der Waals surface area contributed by atoms with E-state index in [1.165, 1.54) is 0 Å². The van der Waals surface area contributed by atoms with Crippen molar-refractivity contribution in [2.24, 2.45) is 0 Å². The lowest BCUT2D eigenvalue weighted by molar-refractivity contribution is -0.132. The summed E-state index contributed by atoms with van der Waals surface area (Å²) in [6, 6.07) is 13.7. The van der Waals surface area contributed by atoms with Crippen molar-refractivity contribution in [3.63, 3.8) is 0 Å². The molecule has 0 saturated carbocycles. The topological polar surface area (TPSA) is 76.7 Å². The molecule has 0 atom stereocenters. The molecule has 0 aliphatic carbocycles. The first-order valence-electron chi connectivity index (χ1n) is 6.29. The molecule has 2 N–H and O–H groups in total. The highest BCUT2D eigenvalue weighted by molar-refractivity contribution is 6.43. The zero-order valence-electron chi connectivity index (χ0n) is 11.0. The Balaban J connectivity index is 1.64. The van der Waals surface area contributed by atoms with E-state index in [-0.39, 0.29) is 6.79 Å². The maximum atomic E-state index is 11.8. The smallest absolute Gasteiger partial charge is 0.314 e. The predicted molar refractivity (Wildman–Crippen MR) is 76.3 cm³/mol. The first-order valence-corrected chi connectivity index (χ1v) is 6.29. The van der Waals surface area contributed by atoms with Gasteiger partial charge in [0.1, 0.15) is 0 Å². The molecule has 2 aromatic rings. The van der Waals surface area contributed by atoms with Crippen LogP contribution in [0.5, 0.6) is 11.5 Å². The maximum absolute atomic E-state index is 11.8. The number of rotatable bonds is 2. The number of fused-ring (bicyclic) bond motifs is 1. The summed E-state index contributed by atoms with van der Waals surface area (Å²) in [5.74, 6) is -0.338. The lowest BCUT2D eigenvalue weighted by Crippen LogP contribution is -2.29. The van der Waals surface area contributed by atoms with Crippen LogP contribution in [0.1, 0.15) is 0 Å². The fourth-order valence-corrected chi connectivity index (χ4v) is 1.87. The van der Waals surface area contributed by atoms with Crippen LogP contribution in [0.4, 0.5) is 11.4 Å². The number of benzene rings is 2. The van der Waals surface area contributed by atoms with Gasteiger partial charge in [0.05, 0.1) is 0 Å². The molecule has 2 amide bonds. The van der Waals surface area contributed by atoms with Gasteiger partial charge in [0.15, 0.2) is 11.5 Å². The Kier molecular flexibility index (Phi) is 3.42. The molecule has 6 nitrogen and oxygen atoms in total. The van der Waals surface area contributed by atoms with E-state index < -0.39 is 11.8 Å². The molecular weight excluding hydrogens is 272 g/mol. The van der Waals surface area contributed by atoms with Crippen molar-refractivity contribution < 1.29 is 19.1 Å². The zero-order chi connectivity index (χ0) is 14.7. The molecule has 0 aromatic heterocycles. The van der Waals surface area contributed by atoms with Gasteiger partial charge in [-0.15, -0.1) is 0 Å². The van der Waals surface area contributed by atoms with Gasteiger partial charge in [0, 0.05) is 17.4 Å². The summed E-state index contributed by atoms with van der Waals surface area (Å²) in [6.45, 7) is 0.154. The second-order valence-corrected chi connectivity index (χ2v) is 4.34. The lowest BCUT2D eigenvalue weighted by atomic mass is 10.2. The average molecular weight is 284 g/mol. The molecule has 1 aliphatic heterocycles. The summed E-state index contributed by atoms with van der Waals surface area (Å²) >= 11 is 0. The second-order valence-electron chi connectivity index (χ2n) is 4.34. The van der Waals surface area contributed by atoms with E-state index in [4.69, 9.17) is 9.47 Å². The standard InChI is InChI=1S/C15H12N2O4/c18-14(16-10-4-2-1-3-5-10)15(19)17-11-6-7-12-13(8-11)21-9-20-12/h1-8H,9H2,(H,16,18)(H,17,19). The fraction of sp³-hybridized carbons (Fsp3) is 0.0667. The Morgan fingerprint density at radius 1 is 0.810 bits per heavy atom. The molecule has 0 unspecified atom stereocenters. The SMILES string of the molecule is O=C(Nc1ccccc1)C(=O)Nc1ccc2c(c1)OCO2. The summed E-state index contributed by atoms with van der Waals surface area (Å²) in [7, 11) is 0. The van der Waals surface area contributed by atoms with Gasteiger partial charge in [-0.1, -0.05) is 18.2 Å². The van der Waals surface area contributed by atoms with E-state index in [1.807, 2.05) is 6.07 Å². The van der Waals surface area contributed by atoms with Crippen LogP contribution in [0.15, 0.2) is 48.5 Å². The summed E-state index contributed by atoms with van der Waals surface area (Å²) in [5, 5.41) is 5.01. The number of hydrogen-bond acceptors (Lipinski definition) is 4. The van der Waals surface area contributed by atoms with Gasteiger partial charge in [0.2, 0.25) is 6.79 Å². The molecule has 21 heavy (non-hydrogen) atoms. The largest absolute Gasteiger partial charge is 0.454 e. The number of anilines is 2. The number of carbonyl (C=O) groups is 2. The van der Waals surface area contributed by atoms with Crippen LogP contribution >= 0.6 is 0 Å². The number of carbonyl (C=O) groups excluding carboxylic acids is 2. The van der Waals surface area contributed by atoms with E-state index >= 15 is 0 Å². The molecule has 106 valence electrons. The summed E-state index contributed by atoms with van der Waals surface area (Å²) in [4.78, 5) is 23.6. The van der Waals surface area contributed by atoms with Crippen molar-refractivity contribution in [1.82, 2.24) is 0 Å². The number of amides is 2.